The highest BCUT2D eigenvalue weighted by Crippen LogP contribution is 2.57. The molecule has 5 aliphatic rings. The van der Waals surface area contributed by atoms with Gasteiger partial charge in [-0.2, -0.15) is 0 Å². The van der Waals surface area contributed by atoms with Crippen LogP contribution in [0.25, 0.3) is 11.0 Å². The lowest BCUT2D eigenvalue weighted by molar-refractivity contribution is -0.140. The maximum atomic E-state index is 14.5. The fraction of sp³-hybridized carbons (Fsp3) is 0.694. The van der Waals surface area contributed by atoms with Crippen LogP contribution in [0.5, 0.6) is 11.6 Å². The van der Waals surface area contributed by atoms with Crippen molar-refractivity contribution >= 4 is 28.8 Å². The van der Waals surface area contributed by atoms with Gasteiger partial charge in [0.1, 0.15) is 29.7 Å². The minimum Gasteiger partial charge on any atom is -0.497 e. The van der Waals surface area contributed by atoms with E-state index < -0.39 is 24.3 Å². The van der Waals surface area contributed by atoms with Crippen molar-refractivity contribution in [1.29, 1.82) is 0 Å². The van der Waals surface area contributed by atoms with Gasteiger partial charge in [-0.3, -0.25) is 9.59 Å². The minimum absolute atomic E-state index is 0.00277. The summed E-state index contributed by atoms with van der Waals surface area (Å²) in [5.41, 5.74) is 2.25. The number of ether oxygens (including phenoxy) is 3. The summed E-state index contributed by atoms with van der Waals surface area (Å²) < 4.78 is 18.2. The van der Waals surface area contributed by atoms with E-state index in [0.717, 1.165) is 75.4 Å². The summed E-state index contributed by atoms with van der Waals surface area (Å²) >= 11 is 0. The van der Waals surface area contributed by atoms with Gasteiger partial charge in [-0.25, -0.2) is 14.8 Å². The van der Waals surface area contributed by atoms with Crippen molar-refractivity contribution in [2.75, 3.05) is 13.7 Å². The topological polar surface area (TPSA) is 120 Å². The molecule has 3 saturated carbocycles. The predicted octanol–water partition coefficient (Wildman–Crippen LogP) is 5.64. The lowest BCUT2D eigenvalue weighted by Gasteiger charge is -2.35. The van der Waals surface area contributed by atoms with Crippen LogP contribution < -0.4 is 14.8 Å². The standard InChI is InChI=1S/C36H48N4O6/c1-20-31-19-40(33(20)21(2)41)35(42)32(22-10-6-4-7-11-22)39-36(43)46-30-17-23-16-26(23)25(30)12-8-5-9-13-28-34(45-31)38-29-18-24(44-3)14-15-27(29)37-28/h14-15,18,20,22-23,25-26,30-33H,4-13,16-17,19H2,1-3H3,(H,39,43)/t20-,23?,25-,26?,30-,31+,32+,33+/m1/s1. The lowest BCUT2D eigenvalue weighted by Crippen LogP contribution is -2.55. The number of aromatic nitrogens is 2. The maximum absolute atomic E-state index is 14.5. The summed E-state index contributed by atoms with van der Waals surface area (Å²) in [7, 11) is 1.62. The SMILES string of the molecule is COc1ccc2nc3c(nc2c1)O[C@H]1CN(C(=O)[C@H](C2CCCCC2)NC(=O)O[C@@H]2CC4CC4[C@H]2CCCCC3)[C@H](C(C)=O)[C@@H]1C. The molecule has 2 aliphatic heterocycles. The summed E-state index contributed by atoms with van der Waals surface area (Å²) in [5.74, 6) is 2.22. The van der Waals surface area contributed by atoms with Crippen LogP contribution in [-0.2, 0) is 20.7 Å². The van der Waals surface area contributed by atoms with Crippen molar-refractivity contribution < 1.29 is 28.6 Å². The average molecular weight is 633 g/mol. The number of methoxy groups -OCH3 is 1. The number of fused-ring (bicyclic) bond motifs is 7. The van der Waals surface area contributed by atoms with E-state index in [-0.39, 0.29) is 36.2 Å². The van der Waals surface area contributed by atoms with Crippen molar-refractivity contribution in [3.8, 4) is 11.6 Å². The van der Waals surface area contributed by atoms with Crippen LogP contribution in [0.1, 0.15) is 90.2 Å². The first-order valence-corrected chi connectivity index (χ1v) is 17.6. The van der Waals surface area contributed by atoms with Crippen LogP contribution in [0, 0.1) is 29.6 Å². The molecule has 248 valence electrons. The van der Waals surface area contributed by atoms with E-state index in [9.17, 15) is 14.4 Å². The predicted molar refractivity (Wildman–Crippen MR) is 171 cm³/mol. The van der Waals surface area contributed by atoms with E-state index in [1.807, 2.05) is 25.1 Å². The van der Waals surface area contributed by atoms with E-state index in [1.165, 1.54) is 13.3 Å². The fourth-order valence-electron chi connectivity index (χ4n) is 9.03. The van der Waals surface area contributed by atoms with Gasteiger partial charge in [-0.05, 0) is 87.7 Å². The molecule has 10 nitrogen and oxygen atoms in total. The second kappa shape index (κ2) is 13.0. The molecule has 2 unspecified atom stereocenters. The van der Waals surface area contributed by atoms with E-state index in [0.29, 0.717) is 41.3 Å². The van der Waals surface area contributed by atoms with Crippen molar-refractivity contribution in [3.05, 3.63) is 23.9 Å². The normalized spacial score (nSPS) is 33.8. The number of carbonyl (C=O) groups excluding carboxylic acids is 3. The van der Waals surface area contributed by atoms with Gasteiger partial charge < -0.3 is 24.4 Å². The summed E-state index contributed by atoms with van der Waals surface area (Å²) in [6.07, 6.45) is 10.8. The molecule has 1 aromatic carbocycles. The minimum atomic E-state index is -0.739. The molecule has 4 fully saturated rings. The molecule has 2 bridgehead atoms. The first-order chi connectivity index (χ1) is 22.3. The number of nitrogens with zero attached hydrogens (tertiary/aromatic N) is 3. The zero-order valence-corrected chi connectivity index (χ0v) is 27.4. The third-order valence-corrected chi connectivity index (χ3v) is 11.6. The molecule has 7 rings (SSSR count). The summed E-state index contributed by atoms with van der Waals surface area (Å²) in [6.45, 7) is 3.73. The number of amides is 2. The molecule has 0 radical (unpaired) electrons. The monoisotopic (exact) mass is 632 g/mol. The number of hydrogen-bond donors (Lipinski definition) is 1. The van der Waals surface area contributed by atoms with Crippen LogP contribution in [-0.4, -0.2) is 70.6 Å². The molecular formula is C36H48N4O6. The maximum Gasteiger partial charge on any atom is 0.408 e. The molecule has 3 aliphatic carbocycles. The largest absolute Gasteiger partial charge is 0.497 e. The molecule has 10 heteroatoms. The Morgan fingerprint density at radius 2 is 1.70 bits per heavy atom. The lowest BCUT2D eigenvalue weighted by atomic mass is 9.83. The van der Waals surface area contributed by atoms with Gasteiger partial charge in [0.05, 0.1) is 30.7 Å². The second-order valence-electron chi connectivity index (χ2n) is 14.5. The Kier molecular flexibility index (Phi) is 8.81. The molecule has 3 heterocycles. The number of nitrogens with one attached hydrogen (secondary N) is 1. The van der Waals surface area contributed by atoms with Crippen molar-refractivity contribution in [3.63, 3.8) is 0 Å². The first kappa shape index (κ1) is 31.2. The molecular weight excluding hydrogens is 584 g/mol. The highest BCUT2D eigenvalue weighted by Gasteiger charge is 2.55. The molecule has 1 saturated heterocycles. The third-order valence-electron chi connectivity index (χ3n) is 11.6. The Morgan fingerprint density at radius 3 is 2.48 bits per heavy atom. The van der Waals surface area contributed by atoms with E-state index in [2.05, 4.69) is 5.32 Å². The van der Waals surface area contributed by atoms with Crippen LogP contribution in [0.2, 0.25) is 0 Å². The average Bonchev–Trinajstić information content (AvgIpc) is 3.62. The van der Waals surface area contributed by atoms with Gasteiger partial charge in [0.2, 0.25) is 11.8 Å². The highest BCUT2D eigenvalue weighted by molar-refractivity contribution is 5.92. The van der Waals surface area contributed by atoms with Crippen LogP contribution >= 0.6 is 0 Å². The molecule has 46 heavy (non-hydrogen) atoms. The Hall–Kier alpha value is -3.43. The molecule has 1 aromatic heterocycles. The Bertz CT molecular complexity index is 1480. The number of carbonyl (C=O) groups is 3. The van der Waals surface area contributed by atoms with Crippen LogP contribution in [0.15, 0.2) is 18.2 Å². The van der Waals surface area contributed by atoms with Gasteiger partial charge >= 0.3 is 6.09 Å². The number of rotatable bonds is 3. The van der Waals surface area contributed by atoms with E-state index in [1.54, 1.807) is 12.0 Å². The third kappa shape index (κ3) is 6.16. The summed E-state index contributed by atoms with van der Waals surface area (Å²) in [6, 6.07) is 4.26. The molecule has 0 spiro atoms. The quantitative estimate of drug-likeness (QED) is 0.462. The zero-order valence-electron chi connectivity index (χ0n) is 27.4. The van der Waals surface area contributed by atoms with Crippen LogP contribution in [0.4, 0.5) is 4.79 Å². The van der Waals surface area contributed by atoms with E-state index >= 15 is 0 Å². The summed E-state index contributed by atoms with van der Waals surface area (Å²) in [4.78, 5) is 52.7. The van der Waals surface area contributed by atoms with Crippen molar-refractivity contribution in [1.82, 2.24) is 20.2 Å². The van der Waals surface area contributed by atoms with Gasteiger partial charge in [0, 0.05) is 12.0 Å². The van der Waals surface area contributed by atoms with Gasteiger partial charge in [0.15, 0.2) is 5.78 Å². The number of aryl methyl sites for hydroxylation is 1. The van der Waals surface area contributed by atoms with E-state index in [4.69, 9.17) is 24.2 Å². The highest BCUT2D eigenvalue weighted by atomic mass is 16.6. The molecule has 8 atom stereocenters. The fourth-order valence-corrected chi connectivity index (χ4v) is 9.03. The van der Waals surface area contributed by atoms with Crippen molar-refractivity contribution in [2.24, 2.45) is 29.6 Å². The van der Waals surface area contributed by atoms with Crippen LogP contribution in [0.3, 0.4) is 0 Å². The number of ketones is 1. The smallest absolute Gasteiger partial charge is 0.408 e. The Balaban J connectivity index is 1.23. The van der Waals surface area contributed by atoms with Crippen molar-refractivity contribution in [2.45, 2.75) is 115 Å². The Morgan fingerprint density at radius 1 is 0.913 bits per heavy atom. The molecule has 1 N–H and O–H groups in total. The second-order valence-corrected chi connectivity index (χ2v) is 14.5. The zero-order chi connectivity index (χ0) is 31.9. The Labute approximate surface area is 271 Å². The number of hydrogen-bond acceptors (Lipinski definition) is 8. The number of alkyl carbamates (subject to hydrolysis) is 1. The van der Waals surface area contributed by atoms with Gasteiger partial charge in [-0.1, -0.05) is 39.0 Å². The number of Topliss-reactive ketones (excluding diaryl/α,β-unsaturated/α-hetero) is 1. The first-order valence-electron chi connectivity index (χ1n) is 17.6. The van der Waals surface area contributed by atoms with Gasteiger partial charge in [-0.15, -0.1) is 0 Å². The molecule has 2 aromatic rings. The van der Waals surface area contributed by atoms with Gasteiger partial charge in [0.25, 0.3) is 0 Å². The summed E-state index contributed by atoms with van der Waals surface area (Å²) in [5, 5.41) is 3.05. The number of benzene rings is 1. The molecule has 2 amide bonds.